The third-order valence-corrected chi connectivity index (χ3v) is 4.47. The zero-order chi connectivity index (χ0) is 21.2. The quantitative estimate of drug-likeness (QED) is 0.542. The number of ether oxygens (including phenoxy) is 1. The molecule has 0 bridgehead atoms. The lowest BCUT2D eigenvalue weighted by Crippen LogP contribution is -2.13. The normalized spacial score (nSPS) is 13.2. The maximum Gasteiger partial charge on any atom is 0.419 e. The molecular weight excluding hydrogens is 399 g/mol. The van der Waals surface area contributed by atoms with Crippen LogP contribution in [0, 0.1) is 12.8 Å². The van der Waals surface area contributed by atoms with Gasteiger partial charge in [0.05, 0.1) is 18.3 Å². The van der Waals surface area contributed by atoms with Crippen molar-refractivity contribution in [1.82, 2.24) is 9.66 Å². The molecule has 2 aromatic heterocycles. The number of hydrogen-bond acceptors (Lipinski definition) is 5. The lowest BCUT2D eigenvalue weighted by molar-refractivity contribution is -0.137. The van der Waals surface area contributed by atoms with Gasteiger partial charge in [0.15, 0.2) is 0 Å². The van der Waals surface area contributed by atoms with Crippen LogP contribution in [0.5, 0.6) is 11.8 Å². The molecule has 0 aromatic carbocycles. The Bertz CT molecular complexity index is 838. The molecule has 2 heterocycles. The molecule has 0 fully saturated rings. The fraction of sp³-hybridized carbons (Fsp3) is 0.500. The van der Waals surface area contributed by atoms with Crippen LogP contribution in [0.3, 0.4) is 0 Å². The number of alkyl halides is 3. The zero-order valence-corrected chi connectivity index (χ0v) is 16.7. The molecule has 0 aliphatic rings. The Hall–Kier alpha value is -2.13. The number of halogens is 4. The van der Waals surface area contributed by atoms with E-state index < -0.39 is 16.9 Å². The van der Waals surface area contributed by atoms with Gasteiger partial charge in [-0.05, 0) is 38.3 Å². The topological polar surface area (TPSA) is 79.5 Å². The van der Waals surface area contributed by atoms with E-state index in [0.29, 0.717) is 17.0 Å². The van der Waals surface area contributed by atoms with Crippen molar-refractivity contribution in [2.75, 3.05) is 5.43 Å². The Morgan fingerprint density at radius 3 is 2.39 bits per heavy atom. The minimum absolute atomic E-state index is 0.0485. The average Bonchev–Trinajstić information content (AvgIpc) is 2.75. The summed E-state index contributed by atoms with van der Waals surface area (Å²) in [6, 6.07) is 1.81. The van der Waals surface area contributed by atoms with Crippen molar-refractivity contribution in [3.05, 3.63) is 34.0 Å². The number of aromatic hydroxyl groups is 2. The van der Waals surface area contributed by atoms with Crippen LogP contribution >= 0.6 is 11.6 Å². The van der Waals surface area contributed by atoms with Gasteiger partial charge in [-0.15, -0.1) is 0 Å². The first-order valence-corrected chi connectivity index (χ1v) is 9.04. The second-order valence-electron chi connectivity index (χ2n) is 6.98. The van der Waals surface area contributed by atoms with Gasteiger partial charge in [0.2, 0.25) is 11.8 Å². The molecule has 0 amide bonds. The van der Waals surface area contributed by atoms with Gasteiger partial charge in [-0.3, -0.25) is 5.43 Å². The summed E-state index contributed by atoms with van der Waals surface area (Å²) in [6.07, 6.45) is -3.85. The number of nitrogens with one attached hydrogen (secondary N) is 1. The van der Waals surface area contributed by atoms with Gasteiger partial charge in [-0.25, -0.2) is 4.98 Å². The Labute approximate surface area is 165 Å². The minimum Gasteiger partial charge on any atom is -0.493 e. The molecule has 0 spiro atoms. The second-order valence-corrected chi connectivity index (χ2v) is 7.34. The van der Waals surface area contributed by atoms with E-state index in [1.54, 1.807) is 6.92 Å². The van der Waals surface area contributed by atoms with Crippen LogP contribution in [0.25, 0.3) is 0 Å². The highest BCUT2D eigenvalue weighted by Crippen LogP contribution is 2.36. The van der Waals surface area contributed by atoms with E-state index in [4.69, 9.17) is 16.3 Å². The average molecular weight is 422 g/mol. The van der Waals surface area contributed by atoms with E-state index in [1.807, 2.05) is 6.92 Å². The Morgan fingerprint density at radius 2 is 1.86 bits per heavy atom. The van der Waals surface area contributed by atoms with Crippen LogP contribution in [-0.4, -0.2) is 26.0 Å². The van der Waals surface area contributed by atoms with Crippen LogP contribution in [0.2, 0.25) is 5.15 Å². The Morgan fingerprint density at radius 1 is 1.21 bits per heavy atom. The number of aromatic nitrogens is 2. The summed E-state index contributed by atoms with van der Waals surface area (Å²) >= 11 is 5.60. The molecule has 0 saturated heterocycles. The number of rotatable bonds is 7. The predicted octanol–water partition coefficient (Wildman–Crippen LogP) is 5.10. The number of nitrogens with zero attached hydrogens (tertiary/aromatic N) is 2. The lowest BCUT2D eigenvalue weighted by atomic mass is 10.1. The molecule has 2 aromatic rings. The molecule has 0 saturated carbocycles. The molecule has 1 atom stereocenters. The molecule has 2 rings (SSSR count). The molecule has 28 heavy (non-hydrogen) atoms. The van der Waals surface area contributed by atoms with Crippen molar-refractivity contribution in [2.24, 2.45) is 5.92 Å². The summed E-state index contributed by atoms with van der Waals surface area (Å²) in [5.41, 5.74) is 2.20. The summed E-state index contributed by atoms with van der Waals surface area (Å²) in [5.74, 6) is -0.283. The standard InChI is InChI=1S/C18H23ClF3N3O3/c1-9(2)7-10(3)28-8-12-11(4)16(26)25(17(12)27)24-14-6-5-13(15(19)23-14)18(20,21)22/h5-6,9-10,26-27H,7-8H2,1-4H3,(H,23,24). The van der Waals surface area contributed by atoms with E-state index in [9.17, 15) is 23.4 Å². The lowest BCUT2D eigenvalue weighted by Gasteiger charge is -2.15. The molecule has 156 valence electrons. The maximum absolute atomic E-state index is 12.8. The van der Waals surface area contributed by atoms with E-state index in [-0.39, 0.29) is 30.3 Å². The van der Waals surface area contributed by atoms with Gasteiger partial charge >= 0.3 is 6.18 Å². The van der Waals surface area contributed by atoms with Gasteiger partial charge in [-0.1, -0.05) is 25.4 Å². The van der Waals surface area contributed by atoms with Crippen LogP contribution in [-0.2, 0) is 17.5 Å². The summed E-state index contributed by atoms with van der Waals surface area (Å²) in [6.45, 7) is 7.70. The van der Waals surface area contributed by atoms with E-state index in [0.717, 1.165) is 23.2 Å². The molecule has 3 N–H and O–H groups in total. The highest BCUT2D eigenvalue weighted by molar-refractivity contribution is 6.30. The highest BCUT2D eigenvalue weighted by Gasteiger charge is 2.34. The molecule has 10 heteroatoms. The van der Waals surface area contributed by atoms with Crippen LogP contribution < -0.4 is 5.43 Å². The smallest absolute Gasteiger partial charge is 0.419 e. The highest BCUT2D eigenvalue weighted by atomic mass is 35.5. The van der Waals surface area contributed by atoms with Crippen molar-refractivity contribution in [3.8, 4) is 11.8 Å². The van der Waals surface area contributed by atoms with Crippen molar-refractivity contribution in [2.45, 2.75) is 53.0 Å². The van der Waals surface area contributed by atoms with Crippen LogP contribution in [0.4, 0.5) is 19.0 Å². The molecular formula is C18H23ClF3N3O3. The fourth-order valence-electron chi connectivity index (χ4n) is 2.76. The van der Waals surface area contributed by atoms with E-state index >= 15 is 0 Å². The Kier molecular flexibility index (Phi) is 6.71. The van der Waals surface area contributed by atoms with Crippen molar-refractivity contribution < 1.29 is 28.1 Å². The summed E-state index contributed by atoms with van der Waals surface area (Å²) in [4.78, 5) is 3.62. The molecule has 1 unspecified atom stereocenters. The van der Waals surface area contributed by atoms with Gasteiger partial charge in [0.1, 0.15) is 11.0 Å². The first kappa shape index (κ1) is 22.2. The van der Waals surface area contributed by atoms with E-state index in [2.05, 4.69) is 24.3 Å². The Balaban J connectivity index is 2.22. The van der Waals surface area contributed by atoms with E-state index in [1.165, 1.54) is 0 Å². The third-order valence-electron chi connectivity index (χ3n) is 4.18. The van der Waals surface area contributed by atoms with Crippen molar-refractivity contribution in [3.63, 3.8) is 0 Å². The monoisotopic (exact) mass is 421 g/mol. The van der Waals surface area contributed by atoms with Crippen molar-refractivity contribution in [1.29, 1.82) is 0 Å². The maximum atomic E-state index is 12.8. The molecule has 0 radical (unpaired) electrons. The van der Waals surface area contributed by atoms with Crippen LogP contribution in [0.1, 0.15) is 43.9 Å². The molecule has 6 nitrogen and oxygen atoms in total. The summed E-state index contributed by atoms with van der Waals surface area (Å²) < 4.78 is 45.0. The first-order chi connectivity index (χ1) is 12.9. The molecule has 0 aliphatic heterocycles. The predicted molar refractivity (Wildman–Crippen MR) is 99.5 cm³/mol. The summed E-state index contributed by atoms with van der Waals surface area (Å²) in [7, 11) is 0. The fourth-order valence-corrected chi connectivity index (χ4v) is 3.03. The van der Waals surface area contributed by atoms with Gasteiger partial charge in [0, 0.05) is 11.1 Å². The number of hydrogen-bond donors (Lipinski definition) is 3. The van der Waals surface area contributed by atoms with Crippen LogP contribution in [0.15, 0.2) is 12.1 Å². The first-order valence-electron chi connectivity index (χ1n) is 8.66. The second kappa shape index (κ2) is 8.48. The SMILES string of the molecule is Cc1c(COC(C)CC(C)C)c(O)n(Nc2ccc(C(F)(F)F)c(Cl)n2)c1O. The van der Waals surface area contributed by atoms with Crippen molar-refractivity contribution >= 4 is 17.4 Å². The molecule has 0 aliphatic carbocycles. The number of anilines is 1. The minimum atomic E-state index is -4.63. The number of pyridine rings is 1. The van der Waals surface area contributed by atoms with Gasteiger partial charge in [0.25, 0.3) is 0 Å². The summed E-state index contributed by atoms with van der Waals surface area (Å²) in [5, 5.41) is 19.9. The third kappa shape index (κ3) is 5.02. The zero-order valence-electron chi connectivity index (χ0n) is 15.9. The van der Waals surface area contributed by atoms with Gasteiger partial charge in [-0.2, -0.15) is 17.8 Å². The largest absolute Gasteiger partial charge is 0.493 e. The van der Waals surface area contributed by atoms with Gasteiger partial charge < -0.3 is 14.9 Å².